The molecular formula is C15H12ClFO3. The van der Waals surface area contributed by atoms with Crippen molar-refractivity contribution in [2.75, 3.05) is 0 Å². The van der Waals surface area contributed by atoms with Gasteiger partial charge in [-0.3, -0.25) is 0 Å². The van der Waals surface area contributed by atoms with Crippen LogP contribution in [0.15, 0.2) is 36.4 Å². The second-order valence-electron chi connectivity index (χ2n) is 4.75. The van der Waals surface area contributed by atoms with Crippen molar-refractivity contribution in [2.45, 2.75) is 18.6 Å². The molecule has 1 aliphatic heterocycles. The van der Waals surface area contributed by atoms with Crippen molar-refractivity contribution in [1.29, 1.82) is 0 Å². The van der Waals surface area contributed by atoms with Gasteiger partial charge in [-0.05, 0) is 35.9 Å². The third-order valence-corrected chi connectivity index (χ3v) is 3.62. The predicted molar refractivity (Wildman–Crippen MR) is 72.5 cm³/mol. The molecule has 5 heteroatoms. The Balaban J connectivity index is 1.94. The maximum atomic E-state index is 13.4. The van der Waals surface area contributed by atoms with E-state index in [0.717, 1.165) is 0 Å². The fourth-order valence-corrected chi connectivity index (χ4v) is 2.53. The second kappa shape index (κ2) is 4.96. The van der Waals surface area contributed by atoms with Crippen LogP contribution in [0.2, 0.25) is 5.02 Å². The number of aliphatic hydroxyl groups is 1. The molecule has 2 N–H and O–H groups in total. The average molecular weight is 295 g/mol. The molecule has 0 fully saturated rings. The monoisotopic (exact) mass is 294 g/mol. The molecule has 0 amide bonds. The number of hydrogen-bond acceptors (Lipinski definition) is 3. The van der Waals surface area contributed by atoms with Crippen molar-refractivity contribution < 1.29 is 19.3 Å². The molecule has 0 spiro atoms. The lowest BCUT2D eigenvalue weighted by Crippen LogP contribution is -2.19. The molecule has 3 nitrogen and oxygen atoms in total. The molecule has 0 radical (unpaired) electrons. The highest BCUT2D eigenvalue weighted by Crippen LogP contribution is 2.42. The van der Waals surface area contributed by atoms with Gasteiger partial charge >= 0.3 is 0 Å². The van der Waals surface area contributed by atoms with E-state index in [4.69, 9.17) is 16.3 Å². The first-order valence-electron chi connectivity index (χ1n) is 6.17. The van der Waals surface area contributed by atoms with Crippen LogP contribution < -0.4 is 4.74 Å². The summed E-state index contributed by atoms with van der Waals surface area (Å²) in [7, 11) is 0. The summed E-state index contributed by atoms with van der Waals surface area (Å²) in [6.07, 6.45) is -0.884. The van der Waals surface area contributed by atoms with Gasteiger partial charge in [-0.15, -0.1) is 0 Å². The number of hydrogen-bond donors (Lipinski definition) is 2. The standard InChI is InChI=1S/C15H12ClFO3/c16-9-2-4-14-10(6-9)13(19)7-15(20-14)8-1-3-12(18)11(17)5-8/h1-6,13,15,18-19H,7H2/t13-,15?/m0/s1. The number of phenolic OH excluding ortho intramolecular Hbond substituents is 1. The van der Waals surface area contributed by atoms with Gasteiger partial charge in [0, 0.05) is 17.0 Å². The first kappa shape index (κ1) is 13.2. The number of ether oxygens (including phenoxy) is 1. The Kier molecular flexibility index (Phi) is 3.28. The lowest BCUT2D eigenvalue weighted by atomic mass is 9.95. The van der Waals surface area contributed by atoms with Crippen LogP contribution in [0.25, 0.3) is 0 Å². The minimum Gasteiger partial charge on any atom is -0.505 e. The third-order valence-electron chi connectivity index (χ3n) is 3.38. The van der Waals surface area contributed by atoms with Crippen LogP contribution in [0, 0.1) is 5.82 Å². The van der Waals surface area contributed by atoms with Gasteiger partial charge in [0.2, 0.25) is 0 Å². The zero-order valence-corrected chi connectivity index (χ0v) is 11.1. The van der Waals surface area contributed by atoms with Crippen molar-refractivity contribution in [2.24, 2.45) is 0 Å². The Labute approximate surface area is 120 Å². The topological polar surface area (TPSA) is 49.7 Å². The van der Waals surface area contributed by atoms with Crippen LogP contribution >= 0.6 is 11.6 Å². The van der Waals surface area contributed by atoms with Gasteiger partial charge in [0.25, 0.3) is 0 Å². The summed E-state index contributed by atoms with van der Waals surface area (Å²) in [5, 5.41) is 19.9. The second-order valence-corrected chi connectivity index (χ2v) is 5.19. The van der Waals surface area contributed by atoms with E-state index < -0.39 is 23.8 Å². The molecule has 104 valence electrons. The molecule has 20 heavy (non-hydrogen) atoms. The Morgan fingerprint density at radius 1 is 1.20 bits per heavy atom. The van der Waals surface area contributed by atoms with Gasteiger partial charge in [0.1, 0.15) is 11.9 Å². The van der Waals surface area contributed by atoms with Gasteiger partial charge in [0.05, 0.1) is 6.10 Å². The van der Waals surface area contributed by atoms with E-state index in [1.54, 1.807) is 24.3 Å². The number of rotatable bonds is 1. The summed E-state index contributed by atoms with van der Waals surface area (Å²) < 4.78 is 19.2. The maximum Gasteiger partial charge on any atom is 0.165 e. The number of aliphatic hydroxyl groups excluding tert-OH is 1. The molecule has 3 rings (SSSR count). The molecule has 0 bridgehead atoms. The molecule has 0 aromatic heterocycles. The summed E-state index contributed by atoms with van der Waals surface area (Å²) in [5.41, 5.74) is 1.20. The van der Waals surface area contributed by atoms with E-state index >= 15 is 0 Å². The van der Waals surface area contributed by atoms with Gasteiger partial charge in [0.15, 0.2) is 11.6 Å². The number of aromatic hydroxyl groups is 1. The third kappa shape index (κ3) is 2.32. The molecule has 1 heterocycles. The Morgan fingerprint density at radius 2 is 2.00 bits per heavy atom. The van der Waals surface area contributed by atoms with Crippen molar-refractivity contribution in [3.63, 3.8) is 0 Å². The molecule has 1 unspecified atom stereocenters. The van der Waals surface area contributed by atoms with E-state index in [1.807, 2.05) is 0 Å². The van der Waals surface area contributed by atoms with Crippen LogP contribution in [0.1, 0.15) is 29.8 Å². The number of halogens is 2. The van der Waals surface area contributed by atoms with Crippen LogP contribution in [-0.4, -0.2) is 10.2 Å². The number of fused-ring (bicyclic) bond motifs is 1. The molecule has 1 aliphatic rings. The normalized spacial score (nSPS) is 21.1. The molecule has 0 aliphatic carbocycles. The fourth-order valence-electron chi connectivity index (χ4n) is 2.35. The zero-order chi connectivity index (χ0) is 14.3. The zero-order valence-electron chi connectivity index (χ0n) is 10.4. The minimum absolute atomic E-state index is 0.303. The Bertz CT molecular complexity index is 660. The number of benzene rings is 2. The molecule has 0 saturated heterocycles. The lowest BCUT2D eigenvalue weighted by molar-refractivity contribution is 0.0656. The molecule has 2 aromatic carbocycles. The average Bonchev–Trinajstić information content (AvgIpc) is 2.42. The Hall–Kier alpha value is -1.78. The van der Waals surface area contributed by atoms with Crippen LogP contribution in [-0.2, 0) is 0 Å². The summed E-state index contributed by atoms with van der Waals surface area (Å²) in [4.78, 5) is 0. The van der Waals surface area contributed by atoms with Crippen molar-refractivity contribution in [3.05, 3.63) is 58.4 Å². The van der Waals surface area contributed by atoms with E-state index in [0.29, 0.717) is 28.3 Å². The summed E-state index contributed by atoms with van der Waals surface area (Å²) in [5.74, 6) is -0.577. The van der Waals surface area contributed by atoms with Gasteiger partial charge in [-0.1, -0.05) is 17.7 Å². The molecule has 2 atom stereocenters. The first-order valence-corrected chi connectivity index (χ1v) is 6.55. The van der Waals surface area contributed by atoms with E-state index in [-0.39, 0.29) is 0 Å². The highest BCUT2D eigenvalue weighted by molar-refractivity contribution is 6.30. The molecular weight excluding hydrogens is 283 g/mol. The first-order chi connectivity index (χ1) is 9.54. The van der Waals surface area contributed by atoms with Gasteiger partial charge in [-0.2, -0.15) is 0 Å². The summed E-state index contributed by atoms with van der Waals surface area (Å²) in [6.45, 7) is 0. The predicted octanol–water partition coefficient (Wildman–Crippen LogP) is 3.74. The highest BCUT2D eigenvalue weighted by Gasteiger charge is 2.28. The lowest BCUT2D eigenvalue weighted by Gasteiger charge is -2.30. The summed E-state index contributed by atoms with van der Waals surface area (Å²) >= 11 is 5.89. The van der Waals surface area contributed by atoms with Crippen LogP contribution in [0.4, 0.5) is 4.39 Å². The SMILES string of the molecule is Oc1ccc(C2C[C@H](O)c3cc(Cl)ccc3O2)cc1F. The fraction of sp³-hybridized carbons (Fsp3) is 0.200. The summed E-state index contributed by atoms with van der Waals surface area (Å²) in [6, 6.07) is 9.09. The van der Waals surface area contributed by atoms with Crippen molar-refractivity contribution in [1.82, 2.24) is 0 Å². The Morgan fingerprint density at radius 3 is 2.75 bits per heavy atom. The van der Waals surface area contributed by atoms with E-state index in [2.05, 4.69) is 0 Å². The van der Waals surface area contributed by atoms with Gasteiger partial charge < -0.3 is 14.9 Å². The van der Waals surface area contributed by atoms with Crippen LogP contribution in [0.3, 0.4) is 0 Å². The minimum atomic E-state index is -0.723. The van der Waals surface area contributed by atoms with Gasteiger partial charge in [-0.25, -0.2) is 4.39 Å². The van der Waals surface area contributed by atoms with Crippen LogP contribution in [0.5, 0.6) is 11.5 Å². The van der Waals surface area contributed by atoms with E-state index in [1.165, 1.54) is 12.1 Å². The quantitative estimate of drug-likeness (QED) is 0.842. The van der Waals surface area contributed by atoms with E-state index in [9.17, 15) is 14.6 Å². The molecule has 2 aromatic rings. The largest absolute Gasteiger partial charge is 0.505 e. The molecule has 0 saturated carbocycles. The smallest absolute Gasteiger partial charge is 0.165 e. The maximum absolute atomic E-state index is 13.4. The highest BCUT2D eigenvalue weighted by atomic mass is 35.5. The van der Waals surface area contributed by atoms with Crippen molar-refractivity contribution >= 4 is 11.6 Å². The number of phenols is 1. The van der Waals surface area contributed by atoms with Crippen molar-refractivity contribution in [3.8, 4) is 11.5 Å².